The SMILES string of the molecule is COc1cc(C(F)(F)F)ncc1NC(=O)[C@@H]1CCCN1C(C)=O. The zero-order valence-electron chi connectivity index (χ0n) is 12.6. The molecule has 1 atom stereocenters. The number of ether oxygens (including phenoxy) is 1. The number of methoxy groups -OCH3 is 1. The highest BCUT2D eigenvalue weighted by atomic mass is 19.4. The van der Waals surface area contributed by atoms with Gasteiger partial charge in [-0.25, -0.2) is 4.98 Å². The minimum atomic E-state index is -4.60. The molecule has 23 heavy (non-hydrogen) atoms. The smallest absolute Gasteiger partial charge is 0.433 e. The Kier molecular flexibility index (Phi) is 4.76. The second-order valence-corrected chi connectivity index (χ2v) is 5.13. The van der Waals surface area contributed by atoms with E-state index in [1.165, 1.54) is 18.9 Å². The first-order valence-electron chi connectivity index (χ1n) is 6.93. The molecule has 1 N–H and O–H groups in total. The summed E-state index contributed by atoms with van der Waals surface area (Å²) < 4.78 is 42.8. The lowest BCUT2D eigenvalue weighted by molar-refractivity contribution is -0.141. The average Bonchev–Trinajstić information content (AvgIpc) is 2.96. The number of likely N-dealkylation sites (tertiary alicyclic amines) is 1. The summed E-state index contributed by atoms with van der Waals surface area (Å²) in [5, 5.41) is 2.48. The molecule has 0 aromatic carbocycles. The molecule has 0 radical (unpaired) electrons. The molecule has 1 aliphatic rings. The number of nitrogens with zero attached hydrogens (tertiary/aromatic N) is 2. The third-order valence-electron chi connectivity index (χ3n) is 3.59. The number of carbonyl (C=O) groups is 2. The standard InChI is InChI=1S/C14H16F3N3O3/c1-8(21)20-5-3-4-10(20)13(22)19-9-7-18-12(14(15,16)17)6-11(9)23-2/h6-7,10H,3-5H2,1-2H3,(H,19,22)/t10-/m0/s1. The largest absolute Gasteiger partial charge is 0.494 e. The fourth-order valence-electron chi connectivity index (χ4n) is 2.49. The van der Waals surface area contributed by atoms with Crippen LogP contribution in [-0.2, 0) is 15.8 Å². The molecule has 0 saturated carbocycles. The van der Waals surface area contributed by atoms with Gasteiger partial charge < -0.3 is 15.0 Å². The van der Waals surface area contributed by atoms with Gasteiger partial charge in [0.15, 0.2) is 0 Å². The maximum Gasteiger partial charge on any atom is 0.433 e. The van der Waals surface area contributed by atoms with Gasteiger partial charge in [-0.05, 0) is 12.8 Å². The molecular weight excluding hydrogens is 315 g/mol. The Bertz CT molecular complexity index is 619. The van der Waals surface area contributed by atoms with E-state index in [0.717, 1.165) is 6.20 Å². The lowest BCUT2D eigenvalue weighted by Crippen LogP contribution is -2.42. The second-order valence-electron chi connectivity index (χ2n) is 5.13. The van der Waals surface area contributed by atoms with Gasteiger partial charge in [-0.15, -0.1) is 0 Å². The topological polar surface area (TPSA) is 71.5 Å². The van der Waals surface area contributed by atoms with E-state index >= 15 is 0 Å². The molecule has 0 bridgehead atoms. The van der Waals surface area contributed by atoms with Crippen molar-refractivity contribution in [2.24, 2.45) is 0 Å². The molecule has 1 aliphatic heterocycles. The highest BCUT2D eigenvalue weighted by Crippen LogP contribution is 2.33. The fraction of sp³-hybridized carbons (Fsp3) is 0.500. The monoisotopic (exact) mass is 331 g/mol. The van der Waals surface area contributed by atoms with E-state index in [-0.39, 0.29) is 17.3 Å². The molecule has 1 fully saturated rings. The number of nitrogens with one attached hydrogen (secondary N) is 1. The van der Waals surface area contributed by atoms with Crippen molar-refractivity contribution >= 4 is 17.5 Å². The number of hydrogen-bond donors (Lipinski definition) is 1. The normalized spacial score (nSPS) is 18.0. The van der Waals surface area contributed by atoms with Crippen molar-refractivity contribution in [1.82, 2.24) is 9.88 Å². The zero-order chi connectivity index (χ0) is 17.2. The molecular formula is C14H16F3N3O3. The van der Waals surface area contributed by atoms with E-state index in [1.54, 1.807) is 0 Å². The quantitative estimate of drug-likeness (QED) is 0.920. The van der Waals surface area contributed by atoms with Gasteiger partial charge in [-0.1, -0.05) is 0 Å². The lowest BCUT2D eigenvalue weighted by atomic mass is 10.2. The zero-order valence-corrected chi connectivity index (χ0v) is 12.6. The van der Waals surface area contributed by atoms with Gasteiger partial charge in [0.25, 0.3) is 0 Å². The molecule has 126 valence electrons. The summed E-state index contributed by atoms with van der Waals surface area (Å²) in [7, 11) is 1.20. The Balaban J connectivity index is 2.19. The van der Waals surface area contributed by atoms with Gasteiger partial charge in [0.05, 0.1) is 13.3 Å². The van der Waals surface area contributed by atoms with Crippen LogP contribution in [0.4, 0.5) is 18.9 Å². The van der Waals surface area contributed by atoms with Gasteiger partial charge in [-0.2, -0.15) is 13.2 Å². The van der Waals surface area contributed by atoms with Gasteiger partial charge >= 0.3 is 6.18 Å². The van der Waals surface area contributed by atoms with Gasteiger partial charge in [0.1, 0.15) is 23.2 Å². The Labute approximate surface area is 130 Å². The molecule has 0 spiro atoms. The molecule has 2 heterocycles. The van der Waals surface area contributed by atoms with Crippen molar-refractivity contribution in [2.45, 2.75) is 32.0 Å². The summed E-state index contributed by atoms with van der Waals surface area (Å²) in [6, 6.07) is 0.0759. The minimum Gasteiger partial charge on any atom is -0.494 e. The first-order chi connectivity index (χ1) is 10.7. The number of alkyl halides is 3. The van der Waals surface area contributed by atoms with Crippen molar-refractivity contribution < 1.29 is 27.5 Å². The van der Waals surface area contributed by atoms with Crippen molar-refractivity contribution in [1.29, 1.82) is 0 Å². The number of halogens is 3. The molecule has 1 aromatic rings. The highest BCUT2D eigenvalue weighted by molar-refractivity contribution is 5.98. The van der Waals surface area contributed by atoms with E-state index in [4.69, 9.17) is 4.74 Å². The van der Waals surface area contributed by atoms with Crippen LogP contribution in [0.15, 0.2) is 12.3 Å². The van der Waals surface area contributed by atoms with E-state index in [9.17, 15) is 22.8 Å². The predicted octanol–water partition coefficient (Wildman–Crippen LogP) is 2.06. The van der Waals surface area contributed by atoms with Gasteiger partial charge in [0, 0.05) is 19.5 Å². The number of hydrogen-bond acceptors (Lipinski definition) is 4. The maximum absolute atomic E-state index is 12.6. The second kappa shape index (κ2) is 6.43. The van der Waals surface area contributed by atoms with Crippen LogP contribution in [0.25, 0.3) is 0 Å². The Morgan fingerprint density at radius 1 is 1.43 bits per heavy atom. The number of pyridine rings is 1. The number of aromatic nitrogens is 1. The molecule has 0 unspecified atom stereocenters. The van der Waals surface area contributed by atoms with Crippen LogP contribution in [0.5, 0.6) is 5.75 Å². The average molecular weight is 331 g/mol. The van der Waals surface area contributed by atoms with Crippen LogP contribution in [0, 0.1) is 0 Å². The van der Waals surface area contributed by atoms with Crippen LogP contribution in [0.2, 0.25) is 0 Å². The summed E-state index contributed by atoms with van der Waals surface area (Å²) in [6.07, 6.45) is -2.51. The molecule has 2 amide bonds. The Morgan fingerprint density at radius 2 is 2.13 bits per heavy atom. The van der Waals surface area contributed by atoms with Crippen LogP contribution in [-0.4, -0.2) is 41.4 Å². The molecule has 2 rings (SSSR count). The summed E-state index contributed by atoms with van der Waals surface area (Å²) >= 11 is 0. The maximum atomic E-state index is 12.6. The summed E-state index contributed by atoms with van der Waals surface area (Å²) in [4.78, 5) is 28.5. The summed E-state index contributed by atoms with van der Waals surface area (Å²) in [5.41, 5.74) is -1.08. The molecule has 9 heteroatoms. The number of carbonyl (C=O) groups excluding carboxylic acids is 2. The van der Waals surface area contributed by atoms with Crippen molar-refractivity contribution in [3.63, 3.8) is 0 Å². The molecule has 1 saturated heterocycles. The Morgan fingerprint density at radius 3 is 2.70 bits per heavy atom. The molecule has 0 aliphatic carbocycles. The van der Waals surface area contributed by atoms with Gasteiger partial charge in [-0.3, -0.25) is 9.59 Å². The Hall–Kier alpha value is -2.32. The first-order valence-corrected chi connectivity index (χ1v) is 6.93. The minimum absolute atomic E-state index is 0.0286. The number of anilines is 1. The van der Waals surface area contributed by atoms with Crippen LogP contribution >= 0.6 is 0 Å². The van der Waals surface area contributed by atoms with Crippen molar-refractivity contribution in [2.75, 3.05) is 19.0 Å². The first kappa shape index (κ1) is 17.0. The van der Waals surface area contributed by atoms with Crippen molar-refractivity contribution in [3.8, 4) is 5.75 Å². The molecule has 6 nitrogen and oxygen atoms in total. The summed E-state index contributed by atoms with van der Waals surface area (Å²) in [5.74, 6) is -0.842. The predicted molar refractivity (Wildman–Crippen MR) is 74.8 cm³/mol. The fourth-order valence-corrected chi connectivity index (χ4v) is 2.49. The van der Waals surface area contributed by atoms with Crippen LogP contribution < -0.4 is 10.1 Å². The van der Waals surface area contributed by atoms with E-state index < -0.39 is 23.8 Å². The van der Waals surface area contributed by atoms with Gasteiger partial charge in [0.2, 0.25) is 11.8 Å². The lowest BCUT2D eigenvalue weighted by Gasteiger charge is -2.22. The van der Waals surface area contributed by atoms with E-state index in [0.29, 0.717) is 25.5 Å². The van der Waals surface area contributed by atoms with E-state index in [1.807, 2.05) is 0 Å². The third kappa shape index (κ3) is 3.72. The summed E-state index contributed by atoms with van der Waals surface area (Å²) in [6.45, 7) is 1.85. The van der Waals surface area contributed by atoms with Crippen molar-refractivity contribution in [3.05, 3.63) is 18.0 Å². The van der Waals surface area contributed by atoms with Crippen LogP contribution in [0.1, 0.15) is 25.5 Å². The number of amides is 2. The highest BCUT2D eigenvalue weighted by Gasteiger charge is 2.35. The number of rotatable bonds is 3. The third-order valence-corrected chi connectivity index (χ3v) is 3.59. The molecule has 1 aromatic heterocycles. The van der Waals surface area contributed by atoms with E-state index in [2.05, 4.69) is 10.3 Å². The van der Waals surface area contributed by atoms with Crippen LogP contribution in [0.3, 0.4) is 0 Å².